The van der Waals surface area contributed by atoms with Crippen molar-refractivity contribution in [2.75, 3.05) is 12.3 Å². The normalized spacial score (nSPS) is 21.7. The fourth-order valence-corrected chi connectivity index (χ4v) is 7.38. The average Bonchev–Trinajstić information content (AvgIpc) is 3.26. The van der Waals surface area contributed by atoms with Gasteiger partial charge in [0, 0.05) is 52.9 Å². The van der Waals surface area contributed by atoms with Crippen molar-refractivity contribution in [2.24, 2.45) is 0 Å². The third-order valence-electron chi connectivity index (χ3n) is 8.70. The van der Waals surface area contributed by atoms with Gasteiger partial charge in [0.15, 0.2) is 5.78 Å². The lowest BCUT2D eigenvalue weighted by atomic mass is 9.77. The maximum Gasteiger partial charge on any atom is 0.254 e. The summed E-state index contributed by atoms with van der Waals surface area (Å²) in [5.41, 5.74) is 4.74. The summed E-state index contributed by atoms with van der Waals surface area (Å²) in [6.45, 7) is 9.24. The molecule has 2 aliphatic carbocycles. The molecule has 0 saturated carbocycles. The molecule has 2 atom stereocenters. The van der Waals surface area contributed by atoms with Crippen molar-refractivity contribution in [1.82, 2.24) is 14.9 Å². The van der Waals surface area contributed by atoms with Crippen LogP contribution in [0.4, 0.5) is 4.39 Å². The Hall–Kier alpha value is -2.55. The largest absolute Gasteiger partial charge is 0.377 e. The van der Waals surface area contributed by atoms with E-state index in [1.165, 1.54) is 6.07 Å². The summed E-state index contributed by atoms with van der Waals surface area (Å²) in [5, 5.41) is 16.6. The first-order chi connectivity index (χ1) is 18.2. The molecule has 6 rings (SSSR count). The number of aromatic nitrogens is 2. The van der Waals surface area contributed by atoms with Crippen LogP contribution in [-0.4, -0.2) is 38.0 Å². The van der Waals surface area contributed by atoms with E-state index in [2.05, 4.69) is 19.2 Å². The number of aryl methyl sites for hydroxylation is 1. The van der Waals surface area contributed by atoms with E-state index < -0.39 is 5.60 Å². The second-order valence-electron chi connectivity index (χ2n) is 11.1. The molecule has 2 aromatic heterocycles. The highest BCUT2D eigenvalue weighted by molar-refractivity contribution is 7.99. The number of halogens is 1. The minimum absolute atomic E-state index is 0.0770. The van der Waals surface area contributed by atoms with Crippen molar-refractivity contribution in [3.05, 3.63) is 61.7 Å². The topological polar surface area (TPSA) is 84.2 Å². The number of ketones is 1. The number of benzene rings is 1. The minimum atomic E-state index is -1.66. The van der Waals surface area contributed by atoms with E-state index in [0.29, 0.717) is 51.8 Å². The monoisotopic (exact) mass is 535 g/mol. The van der Waals surface area contributed by atoms with Crippen LogP contribution in [0, 0.1) is 12.7 Å². The molecular weight excluding hydrogens is 501 g/mol. The second-order valence-corrected chi connectivity index (χ2v) is 12.8. The molecule has 1 aromatic carbocycles. The maximum atomic E-state index is 15.0. The number of pyridine rings is 2. The molecule has 2 N–H and O–H groups in total. The van der Waals surface area contributed by atoms with Crippen LogP contribution in [0.25, 0.3) is 22.3 Å². The van der Waals surface area contributed by atoms with Crippen molar-refractivity contribution in [3.63, 3.8) is 0 Å². The number of fused-ring (bicyclic) bond motifs is 5. The fraction of sp³-hybridized carbons (Fsp3) is 0.500. The van der Waals surface area contributed by atoms with E-state index in [0.717, 1.165) is 47.2 Å². The summed E-state index contributed by atoms with van der Waals surface area (Å²) in [6, 6.07) is 3.39. The molecule has 0 amide bonds. The van der Waals surface area contributed by atoms with Crippen molar-refractivity contribution in [1.29, 1.82) is 0 Å². The van der Waals surface area contributed by atoms with Gasteiger partial charge in [0.1, 0.15) is 11.4 Å². The van der Waals surface area contributed by atoms with Crippen molar-refractivity contribution < 1.29 is 14.3 Å². The Morgan fingerprint density at radius 2 is 2.00 bits per heavy atom. The number of thioether (sulfide) groups is 1. The van der Waals surface area contributed by atoms with Gasteiger partial charge in [0.2, 0.25) is 0 Å². The number of aliphatic hydroxyl groups is 1. The van der Waals surface area contributed by atoms with Crippen LogP contribution in [0.2, 0.25) is 0 Å². The zero-order valence-corrected chi connectivity index (χ0v) is 23.2. The number of hydrogen-bond donors (Lipinski definition) is 2. The zero-order valence-electron chi connectivity index (χ0n) is 22.4. The lowest BCUT2D eigenvalue weighted by Gasteiger charge is -2.32. The lowest BCUT2D eigenvalue weighted by molar-refractivity contribution is -0.140. The Morgan fingerprint density at radius 3 is 2.74 bits per heavy atom. The first kappa shape index (κ1) is 25.7. The highest BCUT2D eigenvalue weighted by Gasteiger charge is 2.43. The van der Waals surface area contributed by atoms with Crippen LogP contribution >= 0.6 is 11.8 Å². The molecule has 6 nitrogen and oxygen atoms in total. The summed E-state index contributed by atoms with van der Waals surface area (Å²) in [4.78, 5) is 31.4. The van der Waals surface area contributed by atoms with Gasteiger partial charge in [0.05, 0.1) is 23.4 Å². The van der Waals surface area contributed by atoms with Gasteiger partial charge in [-0.2, -0.15) is 11.8 Å². The maximum absolute atomic E-state index is 15.0. The highest BCUT2D eigenvalue weighted by atomic mass is 32.2. The van der Waals surface area contributed by atoms with Gasteiger partial charge in [-0.3, -0.25) is 9.59 Å². The standard InChI is InChI=1S/C30H34FN3O3S/c1-5-30(37)20-12-24-28-19(14-34(24)29(36)18(20)7-9-25(30)35)27-22(32-10-11-38-15(2)3)8-6-17-16(4)21(31)13-23(33-28)26(17)27/h12-13,15,22,32,37H,5-11,14H2,1-4H3/t22-,30-/m0/s1. The molecule has 0 fully saturated rings. The van der Waals surface area contributed by atoms with E-state index in [-0.39, 0.29) is 36.0 Å². The number of carbonyl (C=O) groups is 1. The Bertz CT molecular complexity index is 1560. The van der Waals surface area contributed by atoms with Crippen LogP contribution in [0.3, 0.4) is 0 Å². The van der Waals surface area contributed by atoms with Crippen LogP contribution in [0.5, 0.6) is 0 Å². The van der Waals surface area contributed by atoms with Gasteiger partial charge in [-0.25, -0.2) is 9.37 Å². The van der Waals surface area contributed by atoms with E-state index in [1.807, 2.05) is 18.7 Å². The van der Waals surface area contributed by atoms with Gasteiger partial charge < -0.3 is 15.0 Å². The molecular formula is C30H34FN3O3S. The molecule has 0 bridgehead atoms. The molecule has 1 aliphatic heterocycles. The smallest absolute Gasteiger partial charge is 0.254 e. The number of Topliss-reactive ketones (excluding diaryl/α,β-unsaturated/α-hetero) is 1. The lowest BCUT2D eigenvalue weighted by Crippen LogP contribution is -2.43. The van der Waals surface area contributed by atoms with E-state index in [1.54, 1.807) is 17.6 Å². The summed E-state index contributed by atoms with van der Waals surface area (Å²) in [7, 11) is 0. The van der Waals surface area contributed by atoms with Crippen LogP contribution in [0.1, 0.15) is 79.5 Å². The summed E-state index contributed by atoms with van der Waals surface area (Å²) in [6.07, 6.45) is 2.32. The molecule has 38 heavy (non-hydrogen) atoms. The number of carbonyl (C=O) groups excluding carboxylic acids is 1. The summed E-state index contributed by atoms with van der Waals surface area (Å²) in [5.74, 6) is 0.482. The van der Waals surface area contributed by atoms with Crippen molar-refractivity contribution in [3.8, 4) is 11.4 Å². The first-order valence-electron chi connectivity index (χ1n) is 13.7. The number of rotatable bonds is 6. The quantitative estimate of drug-likeness (QED) is 0.348. The van der Waals surface area contributed by atoms with Gasteiger partial charge in [-0.15, -0.1) is 0 Å². The number of nitrogens with one attached hydrogen (secondary N) is 1. The molecule has 0 saturated heterocycles. The Kier molecular flexibility index (Phi) is 6.28. The predicted molar refractivity (Wildman–Crippen MR) is 149 cm³/mol. The SMILES string of the molecule is CC[C@@]1(O)C(=O)CCc2c1cc1n(c2=O)Cc2c-1nc1cc(F)c(C)c3c1c2[C@@H](NCCSC(C)C)CC3. The van der Waals surface area contributed by atoms with Gasteiger partial charge in [-0.05, 0) is 60.6 Å². The van der Waals surface area contributed by atoms with Gasteiger partial charge >= 0.3 is 0 Å². The molecule has 3 aliphatic rings. The Labute approximate surface area is 226 Å². The van der Waals surface area contributed by atoms with Crippen molar-refractivity contribution in [2.45, 2.75) is 83.2 Å². The molecule has 0 spiro atoms. The number of hydrogen-bond acceptors (Lipinski definition) is 6. The molecule has 3 heterocycles. The third kappa shape index (κ3) is 3.71. The van der Waals surface area contributed by atoms with Crippen LogP contribution < -0.4 is 10.9 Å². The average molecular weight is 536 g/mol. The van der Waals surface area contributed by atoms with Gasteiger partial charge in [-0.1, -0.05) is 20.8 Å². The van der Waals surface area contributed by atoms with E-state index in [4.69, 9.17) is 4.98 Å². The molecule has 8 heteroatoms. The Balaban J connectivity index is 1.56. The zero-order chi connectivity index (χ0) is 26.9. The van der Waals surface area contributed by atoms with Crippen molar-refractivity contribution >= 4 is 28.4 Å². The van der Waals surface area contributed by atoms with Crippen LogP contribution in [0.15, 0.2) is 16.9 Å². The number of nitrogens with zero attached hydrogens (tertiary/aromatic N) is 2. The predicted octanol–water partition coefficient (Wildman–Crippen LogP) is 4.70. The van der Waals surface area contributed by atoms with Gasteiger partial charge in [0.25, 0.3) is 5.56 Å². The molecule has 0 radical (unpaired) electrons. The minimum Gasteiger partial charge on any atom is -0.377 e. The first-order valence-corrected chi connectivity index (χ1v) is 14.7. The van der Waals surface area contributed by atoms with E-state index >= 15 is 4.39 Å². The molecule has 0 unspecified atom stereocenters. The van der Waals surface area contributed by atoms with E-state index in [9.17, 15) is 14.7 Å². The van der Waals surface area contributed by atoms with Crippen LogP contribution in [-0.2, 0) is 29.8 Å². The fourth-order valence-electron chi connectivity index (χ4n) is 6.67. The summed E-state index contributed by atoms with van der Waals surface area (Å²) >= 11 is 1.91. The molecule has 3 aromatic rings. The summed E-state index contributed by atoms with van der Waals surface area (Å²) < 4.78 is 16.8. The third-order valence-corrected chi connectivity index (χ3v) is 9.81. The molecule has 200 valence electrons. The second kappa shape index (κ2) is 9.28. The highest BCUT2D eigenvalue weighted by Crippen LogP contribution is 2.46. The Morgan fingerprint density at radius 1 is 1.21 bits per heavy atom.